The third kappa shape index (κ3) is 4.40. The maximum Gasteiger partial charge on any atom is 0.345 e. The van der Waals surface area contributed by atoms with Crippen LogP contribution in [-0.2, 0) is 14.4 Å². The van der Waals surface area contributed by atoms with Crippen LogP contribution < -0.4 is 0 Å². The monoisotopic (exact) mass is 367 g/mol. The highest BCUT2D eigenvalue weighted by Gasteiger charge is 2.46. The Morgan fingerprint density at radius 1 is 1.08 bits per heavy atom. The lowest BCUT2D eigenvalue weighted by Gasteiger charge is -2.51. The maximum atomic E-state index is 12.9. The first-order chi connectivity index (χ1) is 11.6. The Labute approximate surface area is 154 Å². The Balaban J connectivity index is 2.32. The normalized spacial score (nSPS) is 20.7. The van der Waals surface area contributed by atoms with Gasteiger partial charge in [0, 0.05) is 21.7 Å². The predicted molar refractivity (Wildman–Crippen MR) is 96.5 cm³/mol. The van der Waals surface area contributed by atoms with E-state index in [-0.39, 0.29) is 11.1 Å². The maximum absolute atomic E-state index is 12.9. The van der Waals surface area contributed by atoms with Crippen molar-refractivity contribution in [2.75, 3.05) is 7.11 Å². The molecular weight excluding hydrogens is 342 g/mol. The lowest BCUT2D eigenvalue weighted by Crippen LogP contribution is -2.60. The van der Waals surface area contributed by atoms with Gasteiger partial charge in [-0.25, -0.2) is 4.79 Å². The molecule has 0 spiro atoms. The fourth-order valence-electron chi connectivity index (χ4n) is 3.44. The van der Waals surface area contributed by atoms with Gasteiger partial charge in [0.25, 0.3) is 0 Å². The van der Waals surface area contributed by atoms with Crippen LogP contribution in [0.4, 0.5) is 0 Å². The number of halogens is 1. The molecule has 138 valence electrons. The van der Waals surface area contributed by atoms with E-state index in [1.807, 2.05) is 0 Å². The number of hydroxylamine groups is 2. The standard InChI is InChI=1S/C19H26ClNO4/c1-18(2)11-6-12-19(3,4)21(18)25-16(17(23)24-5)15(22)13-7-9-14(20)10-8-13/h7-10,16H,6,11-12H2,1-5H3. The van der Waals surface area contributed by atoms with E-state index in [0.717, 1.165) is 19.3 Å². The van der Waals surface area contributed by atoms with Crippen LogP contribution in [0.2, 0.25) is 5.02 Å². The van der Waals surface area contributed by atoms with E-state index in [2.05, 4.69) is 27.7 Å². The van der Waals surface area contributed by atoms with Crippen molar-refractivity contribution >= 4 is 23.4 Å². The van der Waals surface area contributed by atoms with Gasteiger partial charge >= 0.3 is 5.97 Å². The first kappa shape index (κ1) is 19.9. The summed E-state index contributed by atoms with van der Waals surface area (Å²) in [4.78, 5) is 31.1. The zero-order valence-corrected chi connectivity index (χ0v) is 16.2. The second-order valence-corrected chi connectivity index (χ2v) is 8.09. The van der Waals surface area contributed by atoms with Gasteiger partial charge in [-0.2, -0.15) is 5.06 Å². The average Bonchev–Trinajstić information content (AvgIpc) is 2.53. The molecule has 0 amide bonds. The highest BCUT2D eigenvalue weighted by Crippen LogP contribution is 2.39. The molecule has 0 bridgehead atoms. The van der Waals surface area contributed by atoms with E-state index < -0.39 is 17.9 Å². The molecule has 1 heterocycles. The average molecular weight is 368 g/mol. The summed E-state index contributed by atoms with van der Waals surface area (Å²) in [5, 5.41) is 2.31. The van der Waals surface area contributed by atoms with Crippen LogP contribution in [0, 0.1) is 0 Å². The molecule has 0 N–H and O–H groups in total. The molecule has 0 aromatic heterocycles. The Morgan fingerprint density at radius 2 is 1.60 bits per heavy atom. The van der Waals surface area contributed by atoms with Crippen LogP contribution in [0.3, 0.4) is 0 Å². The van der Waals surface area contributed by atoms with Gasteiger partial charge in [0.15, 0.2) is 0 Å². The highest BCUT2D eigenvalue weighted by atomic mass is 35.5. The third-order valence-corrected chi connectivity index (χ3v) is 4.92. The molecule has 0 saturated carbocycles. The Morgan fingerprint density at radius 3 is 2.08 bits per heavy atom. The van der Waals surface area contributed by atoms with E-state index in [1.54, 1.807) is 29.3 Å². The summed E-state index contributed by atoms with van der Waals surface area (Å²) in [7, 11) is 1.25. The molecule has 0 aliphatic carbocycles. The molecule has 25 heavy (non-hydrogen) atoms. The van der Waals surface area contributed by atoms with Crippen molar-refractivity contribution in [3.63, 3.8) is 0 Å². The minimum atomic E-state index is -1.34. The van der Waals surface area contributed by atoms with Crippen molar-refractivity contribution in [2.45, 2.75) is 64.1 Å². The highest BCUT2D eigenvalue weighted by molar-refractivity contribution is 6.30. The minimum Gasteiger partial charge on any atom is -0.467 e. The van der Waals surface area contributed by atoms with Gasteiger partial charge in [0.05, 0.1) is 7.11 Å². The summed E-state index contributed by atoms with van der Waals surface area (Å²) >= 11 is 5.87. The first-order valence-electron chi connectivity index (χ1n) is 8.43. The van der Waals surface area contributed by atoms with E-state index in [9.17, 15) is 9.59 Å². The molecule has 6 heteroatoms. The van der Waals surface area contributed by atoms with E-state index in [4.69, 9.17) is 21.2 Å². The number of rotatable bonds is 5. The molecule has 0 radical (unpaired) electrons. The largest absolute Gasteiger partial charge is 0.467 e. The number of hydrogen-bond donors (Lipinski definition) is 0. The quantitative estimate of drug-likeness (QED) is 0.446. The van der Waals surface area contributed by atoms with Crippen LogP contribution in [0.25, 0.3) is 0 Å². The number of ketones is 1. The van der Waals surface area contributed by atoms with Gasteiger partial charge in [0.1, 0.15) is 0 Å². The summed E-state index contributed by atoms with van der Waals surface area (Å²) in [6.07, 6.45) is 1.55. The lowest BCUT2D eigenvalue weighted by molar-refractivity contribution is -0.292. The Hall–Kier alpha value is -1.43. The Kier molecular flexibility index (Phi) is 5.92. The molecular formula is C19H26ClNO4. The molecule has 1 fully saturated rings. The van der Waals surface area contributed by atoms with Gasteiger partial charge in [-0.15, -0.1) is 0 Å². The topological polar surface area (TPSA) is 55.8 Å². The van der Waals surface area contributed by atoms with Crippen molar-refractivity contribution in [1.82, 2.24) is 5.06 Å². The SMILES string of the molecule is COC(=O)C(ON1C(C)(C)CCCC1(C)C)C(=O)c1ccc(Cl)cc1. The number of hydrogen-bond acceptors (Lipinski definition) is 5. The molecule has 1 saturated heterocycles. The van der Waals surface area contributed by atoms with Crippen LogP contribution in [0.15, 0.2) is 24.3 Å². The minimum absolute atomic E-state index is 0.297. The summed E-state index contributed by atoms with van der Waals surface area (Å²) in [6, 6.07) is 6.38. The number of Topliss-reactive ketones (excluding diaryl/α,β-unsaturated/α-hetero) is 1. The first-order valence-corrected chi connectivity index (χ1v) is 8.81. The predicted octanol–water partition coefficient (Wildman–Crippen LogP) is 4.04. The van der Waals surface area contributed by atoms with Gasteiger partial charge in [-0.05, 0) is 71.2 Å². The zero-order chi connectivity index (χ0) is 18.8. The number of carbonyl (C=O) groups is 2. The number of esters is 1. The summed E-state index contributed by atoms with van der Waals surface area (Å²) in [6.45, 7) is 8.20. The van der Waals surface area contributed by atoms with Crippen molar-refractivity contribution in [3.05, 3.63) is 34.9 Å². The van der Waals surface area contributed by atoms with Crippen LogP contribution >= 0.6 is 11.6 Å². The van der Waals surface area contributed by atoms with Gasteiger partial charge in [-0.1, -0.05) is 11.6 Å². The van der Waals surface area contributed by atoms with Gasteiger partial charge < -0.3 is 4.74 Å². The van der Waals surface area contributed by atoms with Crippen LogP contribution in [0.1, 0.15) is 57.3 Å². The zero-order valence-electron chi connectivity index (χ0n) is 15.5. The fraction of sp³-hybridized carbons (Fsp3) is 0.579. The molecule has 1 aliphatic rings. The van der Waals surface area contributed by atoms with Crippen molar-refractivity contribution < 1.29 is 19.2 Å². The van der Waals surface area contributed by atoms with Crippen molar-refractivity contribution in [1.29, 1.82) is 0 Å². The number of methoxy groups -OCH3 is 1. The number of piperidine rings is 1. The number of carbonyl (C=O) groups excluding carboxylic acids is 2. The summed E-state index contributed by atoms with van der Waals surface area (Å²) in [5.41, 5.74) is -0.241. The smallest absolute Gasteiger partial charge is 0.345 e. The van der Waals surface area contributed by atoms with Crippen LogP contribution in [-0.4, -0.2) is 41.1 Å². The molecule has 2 rings (SSSR count). The van der Waals surface area contributed by atoms with Crippen molar-refractivity contribution in [2.24, 2.45) is 0 Å². The molecule has 1 unspecified atom stereocenters. The molecule has 1 aliphatic heterocycles. The second kappa shape index (κ2) is 7.44. The van der Waals surface area contributed by atoms with Gasteiger partial charge in [-0.3, -0.25) is 9.63 Å². The Bertz CT molecular complexity index is 623. The molecule has 1 atom stereocenters. The lowest BCUT2D eigenvalue weighted by atomic mass is 9.82. The number of nitrogens with zero attached hydrogens (tertiary/aromatic N) is 1. The van der Waals surface area contributed by atoms with Gasteiger partial charge in [0.2, 0.25) is 11.9 Å². The molecule has 1 aromatic carbocycles. The van der Waals surface area contributed by atoms with E-state index in [0.29, 0.717) is 10.6 Å². The van der Waals surface area contributed by atoms with E-state index in [1.165, 1.54) is 7.11 Å². The number of benzene rings is 1. The fourth-order valence-corrected chi connectivity index (χ4v) is 3.56. The number of ether oxygens (including phenoxy) is 1. The summed E-state index contributed by atoms with van der Waals surface area (Å²) < 4.78 is 4.82. The van der Waals surface area contributed by atoms with Crippen LogP contribution in [0.5, 0.6) is 0 Å². The third-order valence-electron chi connectivity index (χ3n) is 4.67. The molecule has 1 aromatic rings. The van der Waals surface area contributed by atoms with E-state index >= 15 is 0 Å². The molecule has 5 nitrogen and oxygen atoms in total. The second-order valence-electron chi connectivity index (χ2n) is 7.65. The van der Waals surface area contributed by atoms with Crippen molar-refractivity contribution in [3.8, 4) is 0 Å². The summed E-state index contributed by atoms with van der Waals surface area (Å²) in [5.74, 6) is -1.15.